The first kappa shape index (κ1) is 11.9. The second kappa shape index (κ2) is 5.21. The van der Waals surface area contributed by atoms with Gasteiger partial charge in [0.1, 0.15) is 0 Å². The molecule has 1 heterocycles. The highest BCUT2D eigenvalue weighted by Gasteiger charge is 2.25. The Labute approximate surface area is 112 Å². The van der Waals surface area contributed by atoms with E-state index in [4.69, 9.17) is 0 Å². The third kappa shape index (κ3) is 2.62. The second-order valence-electron chi connectivity index (χ2n) is 4.94. The van der Waals surface area contributed by atoms with Crippen molar-refractivity contribution in [3.8, 4) is 0 Å². The van der Waals surface area contributed by atoms with Crippen molar-refractivity contribution in [2.24, 2.45) is 0 Å². The molecule has 1 saturated carbocycles. The molecule has 0 spiro atoms. The van der Waals surface area contributed by atoms with Gasteiger partial charge >= 0.3 is 0 Å². The van der Waals surface area contributed by atoms with E-state index in [0.29, 0.717) is 0 Å². The topological polar surface area (TPSA) is 24.9 Å². The molecule has 0 amide bonds. The fourth-order valence-corrected chi connectivity index (χ4v) is 3.04. The Bertz CT molecular complexity index is 529. The largest absolute Gasteiger partial charge is 0.308 e. The lowest BCUT2D eigenvalue weighted by molar-refractivity contribution is 0.691. The Balaban J connectivity index is 1.61. The molecule has 94 valence electrons. The van der Waals surface area contributed by atoms with Gasteiger partial charge in [0, 0.05) is 18.0 Å². The molecule has 3 rings (SSSR count). The summed E-state index contributed by atoms with van der Waals surface area (Å²) in [6.07, 6.45) is 2.73. The number of aromatic nitrogens is 1. The summed E-state index contributed by atoms with van der Waals surface area (Å²) in [5.74, 6) is 0.827. The van der Waals surface area contributed by atoms with Gasteiger partial charge in [-0.05, 0) is 36.8 Å². The van der Waals surface area contributed by atoms with Crippen LogP contribution in [0.15, 0.2) is 29.8 Å². The number of hydrogen-bond acceptors (Lipinski definition) is 3. The van der Waals surface area contributed by atoms with E-state index in [1.54, 1.807) is 16.9 Å². The third-order valence-corrected chi connectivity index (χ3v) is 4.45. The summed E-state index contributed by atoms with van der Waals surface area (Å²) in [4.78, 5) is 5.62. The van der Waals surface area contributed by atoms with Crippen LogP contribution in [0.1, 0.15) is 40.5 Å². The average Bonchev–Trinajstić information content (AvgIpc) is 3.15. The van der Waals surface area contributed by atoms with Crippen molar-refractivity contribution in [2.75, 3.05) is 0 Å². The first-order valence-corrected chi connectivity index (χ1v) is 7.40. The summed E-state index contributed by atoms with van der Waals surface area (Å²) in [5, 5.41) is 3.54. The van der Waals surface area contributed by atoms with Gasteiger partial charge in [-0.15, -0.1) is 11.3 Å². The van der Waals surface area contributed by atoms with E-state index in [1.807, 2.05) is 5.51 Å². The Morgan fingerprint density at radius 3 is 2.83 bits per heavy atom. The van der Waals surface area contributed by atoms with Gasteiger partial charge < -0.3 is 5.32 Å². The molecule has 1 aromatic heterocycles. The molecule has 0 atom stereocenters. The highest BCUT2D eigenvalue weighted by atomic mass is 32.1. The zero-order chi connectivity index (χ0) is 12.4. The summed E-state index contributed by atoms with van der Waals surface area (Å²) in [5.41, 5.74) is 6.08. The predicted molar refractivity (Wildman–Crippen MR) is 75.8 cm³/mol. The lowest BCUT2D eigenvalue weighted by Gasteiger charge is -2.09. The predicted octanol–water partition coefficient (Wildman–Crippen LogP) is 3.62. The van der Waals surface area contributed by atoms with Crippen LogP contribution in [-0.2, 0) is 13.1 Å². The summed E-state index contributed by atoms with van der Waals surface area (Å²) in [7, 11) is 0. The minimum atomic E-state index is 0.827. The quantitative estimate of drug-likeness (QED) is 0.886. The molecule has 1 aromatic carbocycles. The van der Waals surface area contributed by atoms with Gasteiger partial charge in [0.2, 0.25) is 0 Å². The van der Waals surface area contributed by atoms with Crippen molar-refractivity contribution in [3.63, 3.8) is 0 Å². The number of rotatable bonds is 5. The van der Waals surface area contributed by atoms with Crippen molar-refractivity contribution in [3.05, 3.63) is 51.5 Å². The van der Waals surface area contributed by atoms with Crippen molar-refractivity contribution in [1.82, 2.24) is 10.3 Å². The second-order valence-corrected chi connectivity index (χ2v) is 5.88. The van der Waals surface area contributed by atoms with E-state index in [9.17, 15) is 0 Å². The minimum absolute atomic E-state index is 0.827. The number of nitrogens with zero attached hydrogens (tertiary/aromatic N) is 1. The van der Waals surface area contributed by atoms with Gasteiger partial charge in [-0.25, -0.2) is 4.98 Å². The molecule has 3 heteroatoms. The van der Waals surface area contributed by atoms with E-state index in [1.165, 1.54) is 23.3 Å². The fraction of sp³-hybridized carbons (Fsp3) is 0.400. The first-order chi connectivity index (χ1) is 8.84. The van der Waals surface area contributed by atoms with Crippen molar-refractivity contribution >= 4 is 11.3 Å². The van der Waals surface area contributed by atoms with Gasteiger partial charge in [0.25, 0.3) is 0 Å². The first-order valence-electron chi connectivity index (χ1n) is 6.52. The number of benzene rings is 1. The van der Waals surface area contributed by atoms with E-state index < -0.39 is 0 Å². The third-order valence-electron chi connectivity index (χ3n) is 3.52. The molecule has 1 aliphatic rings. The van der Waals surface area contributed by atoms with Crippen LogP contribution in [-0.4, -0.2) is 4.98 Å². The lowest BCUT2D eigenvalue weighted by Crippen LogP contribution is -2.13. The SMILES string of the molecule is Cc1ncsc1CNCc1ccccc1C1CC1. The molecule has 1 fully saturated rings. The maximum atomic E-state index is 4.28. The highest BCUT2D eigenvalue weighted by molar-refractivity contribution is 7.09. The molecule has 0 radical (unpaired) electrons. The molecular formula is C15H18N2S. The Kier molecular flexibility index (Phi) is 3.43. The normalized spacial score (nSPS) is 14.9. The molecule has 2 nitrogen and oxygen atoms in total. The van der Waals surface area contributed by atoms with Crippen molar-refractivity contribution in [1.29, 1.82) is 0 Å². The number of hydrogen-bond donors (Lipinski definition) is 1. The van der Waals surface area contributed by atoms with E-state index in [0.717, 1.165) is 24.7 Å². The van der Waals surface area contributed by atoms with Gasteiger partial charge in [0.15, 0.2) is 0 Å². The summed E-state index contributed by atoms with van der Waals surface area (Å²) >= 11 is 1.73. The van der Waals surface area contributed by atoms with Crippen LogP contribution in [0.2, 0.25) is 0 Å². The number of aryl methyl sites for hydroxylation is 1. The van der Waals surface area contributed by atoms with Crippen molar-refractivity contribution < 1.29 is 0 Å². The molecule has 1 N–H and O–H groups in total. The van der Waals surface area contributed by atoms with Crippen LogP contribution < -0.4 is 5.32 Å². The molecule has 0 bridgehead atoms. The van der Waals surface area contributed by atoms with Crippen LogP contribution in [0.3, 0.4) is 0 Å². The Morgan fingerprint density at radius 2 is 2.11 bits per heavy atom. The zero-order valence-corrected chi connectivity index (χ0v) is 11.5. The summed E-state index contributed by atoms with van der Waals surface area (Å²) in [6, 6.07) is 8.83. The molecule has 0 aliphatic heterocycles. The molecular weight excluding hydrogens is 240 g/mol. The Morgan fingerprint density at radius 1 is 1.28 bits per heavy atom. The molecule has 2 aromatic rings. The van der Waals surface area contributed by atoms with Crippen LogP contribution in [0.5, 0.6) is 0 Å². The molecule has 0 unspecified atom stereocenters. The lowest BCUT2D eigenvalue weighted by atomic mass is 10.0. The maximum Gasteiger partial charge on any atom is 0.0798 e. The average molecular weight is 258 g/mol. The monoisotopic (exact) mass is 258 g/mol. The smallest absolute Gasteiger partial charge is 0.0798 e. The van der Waals surface area contributed by atoms with Gasteiger partial charge in [-0.2, -0.15) is 0 Å². The van der Waals surface area contributed by atoms with Crippen LogP contribution >= 0.6 is 11.3 Å². The number of thiazole rings is 1. The zero-order valence-electron chi connectivity index (χ0n) is 10.6. The maximum absolute atomic E-state index is 4.28. The van der Waals surface area contributed by atoms with Crippen LogP contribution in [0, 0.1) is 6.92 Å². The molecule has 18 heavy (non-hydrogen) atoms. The van der Waals surface area contributed by atoms with Gasteiger partial charge in [-0.1, -0.05) is 24.3 Å². The van der Waals surface area contributed by atoms with E-state index >= 15 is 0 Å². The molecule has 1 aliphatic carbocycles. The summed E-state index contributed by atoms with van der Waals surface area (Å²) in [6.45, 7) is 3.96. The van der Waals surface area contributed by atoms with Crippen LogP contribution in [0.25, 0.3) is 0 Å². The highest BCUT2D eigenvalue weighted by Crippen LogP contribution is 2.41. The molecule has 0 saturated heterocycles. The van der Waals surface area contributed by atoms with E-state index in [-0.39, 0.29) is 0 Å². The van der Waals surface area contributed by atoms with Gasteiger partial charge in [0.05, 0.1) is 11.2 Å². The van der Waals surface area contributed by atoms with Crippen molar-refractivity contribution in [2.45, 2.75) is 38.8 Å². The number of nitrogens with one attached hydrogen (secondary N) is 1. The van der Waals surface area contributed by atoms with Gasteiger partial charge in [-0.3, -0.25) is 0 Å². The standard InChI is InChI=1S/C15H18N2S/c1-11-15(18-10-17-11)9-16-8-13-4-2-3-5-14(13)12-6-7-12/h2-5,10,12,16H,6-9H2,1H3. The summed E-state index contributed by atoms with van der Waals surface area (Å²) < 4.78 is 0. The Hall–Kier alpha value is -1.19. The fourth-order valence-electron chi connectivity index (χ4n) is 2.29. The van der Waals surface area contributed by atoms with Crippen LogP contribution in [0.4, 0.5) is 0 Å². The van der Waals surface area contributed by atoms with E-state index in [2.05, 4.69) is 41.5 Å². The minimum Gasteiger partial charge on any atom is -0.308 e.